The molecule has 1 atom stereocenters. The van der Waals surface area contributed by atoms with Crippen LogP contribution >= 0.6 is 0 Å². The van der Waals surface area contributed by atoms with Crippen LogP contribution in [0.3, 0.4) is 0 Å². The molecule has 2 rings (SSSR count). The van der Waals surface area contributed by atoms with Gasteiger partial charge in [0.15, 0.2) is 5.69 Å². The summed E-state index contributed by atoms with van der Waals surface area (Å²) in [5.41, 5.74) is 1.07. The Bertz CT molecular complexity index is 597. The van der Waals surface area contributed by atoms with Crippen molar-refractivity contribution in [1.29, 1.82) is 0 Å². The van der Waals surface area contributed by atoms with Crippen molar-refractivity contribution in [1.82, 2.24) is 20.3 Å². The average Bonchev–Trinajstić information content (AvgIpc) is 2.89. The largest absolute Gasteiger partial charge is 0.347 e. The predicted octanol–water partition coefficient (Wildman–Crippen LogP) is 1.41. The van der Waals surface area contributed by atoms with Crippen molar-refractivity contribution in [2.75, 3.05) is 0 Å². The lowest BCUT2D eigenvalue weighted by Crippen LogP contribution is -2.32. The van der Waals surface area contributed by atoms with Crippen molar-refractivity contribution in [3.63, 3.8) is 0 Å². The molecule has 0 aliphatic carbocycles. The number of aromatic nitrogens is 3. The molecule has 1 heterocycles. The van der Waals surface area contributed by atoms with Gasteiger partial charge < -0.3 is 5.32 Å². The van der Waals surface area contributed by atoms with Gasteiger partial charge in [0.1, 0.15) is 0 Å². The van der Waals surface area contributed by atoms with E-state index in [-0.39, 0.29) is 17.6 Å². The number of benzene rings is 1. The fourth-order valence-corrected chi connectivity index (χ4v) is 1.58. The van der Waals surface area contributed by atoms with Crippen molar-refractivity contribution in [2.24, 2.45) is 0 Å². The van der Waals surface area contributed by atoms with E-state index in [0.29, 0.717) is 6.42 Å². The lowest BCUT2D eigenvalue weighted by atomic mass is 10.2. The molecule has 0 spiro atoms. The maximum Gasteiger partial charge on any atom is 0.273 e. The Hall–Kier alpha value is -2.61. The minimum absolute atomic E-state index is 0.0839. The Balaban J connectivity index is 2.09. The highest BCUT2D eigenvalue weighted by Gasteiger charge is 2.13. The molecule has 19 heavy (non-hydrogen) atoms. The quantitative estimate of drug-likeness (QED) is 0.839. The highest BCUT2D eigenvalue weighted by molar-refractivity contribution is 5.92. The molecule has 1 aromatic heterocycles. The van der Waals surface area contributed by atoms with Crippen molar-refractivity contribution in [2.45, 2.75) is 19.4 Å². The van der Waals surface area contributed by atoms with Gasteiger partial charge in [-0.2, -0.15) is 9.90 Å². The lowest BCUT2D eigenvalue weighted by Gasteiger charge is -2.08. The van der Waals surface area contributed by atoms with Gasteiger partial charge in [-0.3, -0.25) is 4.79 Å². The Kier molecular flexibility index (Phi) is 3.94. The van der Waals surface area contributed by atoms with Gasteiger partial charge in [0.05, 0.1) is 11.9 Å². The second kappa shape index (κ2) is 5.83. The standard InChI is InChI=1S/C14H14N4O/c1-3-7-11(2)16-14(19)13-10-15-18(17-13)12-8-5-4-6-9-12/h1,4-6,8-11H,7H2,2H3,(H,16,19). The molecule has 1 amide bonds. The maximum absolute atomic E-state index is 11.9. The van der Waals surface area contributed by atoms with Crippen LogP contribution in [-0.4, -0.2) is 26.9 Å². The molecule has 5 heteroatoms. The van der Waals surface area contributed by atoms with Crippen LogP contribution in [0.2, 0.25) is 0 Å². The van der Waals surface area contributed by atoms with Gasteiger partial charge >= 0.3 is 0 Å². The fourth-order valence-electron chi connectivity index (χ4n) is 1.58. The van der Waals surface area contributed by atoms with Gasteiger partial charge in [-0.05, 0) is 19.1 Å². The van der Waals surface area contributed by atoms with Crippen LogP contribution in [0.4, 0.5) is 0 Å². The molecule has 0 fully saturated rings. The van der Waals surface area contributed by atoms with Crippen LogP contribution in [0.1, 0.15) is 23.8 Å². The average molecular weight is 254 g/mol. The Morgan fingerprint density at radius 2 is 2.21 bits per heavy atom. The maximum atomic E-state index is 11.9. The van der Waals surface area contributed by atoms with E-state index in [0.717, 1.165) is 5.69 Å². The molecular weight excluding hydrogens is 240 g/mol. The second-order valence-electron chi connectivity index (χ2n) is 4.14. The van der Waals surface area contributed by atoms with Crippen molar-refractivity contribution >= 4 is 5.91 Å². The zero-order valence-corrected chi connectivity index (χ0v) is 10.6. The summed E-state index contributed by atoms with van der Waals surface area (Å²) in [6.07, 6.45) is 7.11. The summed E-state index contributed by atoms with van der Waals surface area (Å²) in [5, 5.41) is 11.0. The van der Waals surface area contributed by atoms with Gasteiger partial charge in [-0.15, -0.1) is 17.4 Å². The first kappa shape index (κ1) is 12.8. The number of hydrogen-bond acceptors (Lipinski definition) is 3. The van der Waals surface area contributed by atoms with E-state index in [4.69, 9.17) is 6.42 Å². The number of carbonyl (C=O) groups is 1. The highest BCUT2D eigenvalue weighted by atomic mass is 16.2. The summed E-state index contributed by atoms with van der Waals surface area (Å²) in [5.74, 6) is 2.23. The van der Waals surface area contributed by atoms with E-state index in [1.165, 1.54) is 11.0 Å². The molecule has 1 N–H and O–H groups in total. The first-order valence-corrected chi connectivity index (χ1v) is 5.93. The van der Waals surface area contributed by atoms with Crippen molar-refractivity contribution < 1.29 is 4.79 Å². The molecule has 0 radical (unpaired) electrons. The number of carbonyl (C=O) groups excluding carboxylic acids is 1. The number of nitrogens with zero attached hydrogens (tertiary/aromatic N) is 3. The number of amides is 1. The van der Waals surface area contributed by atoms with E-state index < -0.39 is 0 Å². The zero-order valence-electron chi connectivity index (χ0n) is 10.6. The molecule has 0 bridgehead atoms. The fraction of sp³-hybridized carbons (Fsp3) is 0.214. The summed E-state index contributed by atoms with van der Waals surface area (Å²) in [7, 11) is 0. The topological polar surface area (TPSA) is 59.8 Å². The van der Waals surface area contributed by atoms with Crippen molar-refractivity contribution in [3.05, 3.63) is 42.2 Å². The van der Waals surface area contributed by atoms with Gasteiger partial charge in [-0.25, -0.2) is 0 Å². The summed E-state index contributed by atoms with van der Waals surface area (Å²) >= 11 is 0. The Labute approximate surface area is 111 Å². The molecule has 0 saturated heterocycles. The smallest absolute Gasteiger partial charge is 0.273 e. The monoisotopic (exact) mass is 254 g/mol. The Morgan fingerprint density at radius 1 is 1.47 bits per heavy atom. The van der Waals surface area contributed by atoms with Gasteiger partial charge in [0, 0.05) is 12.5 Å². The van der Waals surface area contributed by atoms with Crippen LogP contribution in [-0.2, 0) is 0 Å². The minimum Gasteiger partial charge on any atom is -0.347 e. The molecular formula is C14H14N4O. The van der Waals surface area contributed by atoms with Crippen LogP contribution in [0.25, 0.3) is 5.69 Å². The molecule has 2 aromatic rings. The molecule has 96 valence electrons. The first-order chi connectivity index (χ1) is 9.20. The third kappa shape index (κ3) is 3.19. The summed E-state index contributed by atoms with van der Waals surface area (Å²) in [6, 6.07) is 9.31. The van der Waals surface area contributed by atoms with Crippen LogP contribution in [0, 0.1) is 12.3 Å². The highest BCUT2D eigenvalue weighted by Crippen LogP contribution is 2.04. The lowest BCUT2D eigenvalue weighted by molar-refractivity contribution is 0.0935. The first-order valence-electron chi connectivity index (χ1n) is 5.93. The summed E-state index contributed by atoms with van der Waals surface area (Å²) < 4.78 is 0. The van der Waals surface area contributed by atoms with E-state index in [2.05, 4.69) is 21.4 Å². The number of rotatable bonds is 4. The van der Waals surface area contributed by atoms with E-state index in [1.54, 1.807) is 0 Å². The van der Waals surface area contributed by atoms with Gasteiger partial charge in [-0.1, -0.05) is 18.2 Å². The van der Waals surface area contributed by atoms with Crippen LogP contribution < -0.4 is 5.32 Å². The zero-order chi connectivity index (χ0) is 13.7. The third-order valence-electron chi connectivity index (χ3n) is 2.51. The van der Waals surface area contributed by atoms with Gasteiger partial charge in [0.25, 0.3) is 5.91 Å². The molecule has 0 aliphatic rings. The van der Waals surface area contributed by atoms with Crippen LogP contribution in [0.15, 0.2) is 36.5 Å². The summed E-state index contributed by atoms with van der Waals surface area (Å²) in [4.78, 5) is 13.3. The SMILES string of the molecule is C#CCC(C)NC(=O)c1cnn(-c2ccccc2)n1. The summed E-state index contributed by atoms with van der Waals surface area (Å²) in [6.45, 7) is 1.85. The molecule has 1 aromatic carbocycles. The number of para-hydroxylation sites is 1. The van der Waals surface area contributed by atoms with Crippen molar-refractivity contribution in [3.8, 4) is 18.0 Å². The normalized spacial score (nSPS) is 11.6. The van der Waals surface area contributed by atoms with E-state index in [9.17, 15) is 4.79 Å². The molecule has 5 nitrogen and oxygen atoms in total. The van der Waals surface area contributed by atoms with Crippen LogP contribution in [0.5, 0.6) is 0 Å². The van der Waals surface area contributed by atoms with Gasteiger partial charge in [0.2, 0.25) is 0 Å². The number of terminal acetylenes is 1. The number of nitrogens with one attached hydrogen (secondary N) is 1. The minimum atomic E-state index is -0.273. The molecule has 1 unspecified atom stereocenters. The predicted molar refractivity (Wildman–Crippen MR) is 71.7 cm³/mol. The third-order valence-corrected chi connectivity index (χ3v) is 2.51. The molecule has 0 saturated carbocycles. The Morgan fingerprint density at radius 3 is 2.89 bits per heavy atom. The van der Waals surface area contributed by atoms with E-state index in [1.807, 2.05) is 37.3 Å². The number of hydrogen-bond donors (Lipinski definition) is 1. The molecule has 0 aliphatic heterocycles. The second-order valence-corrected chi connectivity index (χ2v) is 4.14. The van der Waals surface area contributed by atoms with E-state index >= 15 is 0 Å².